The highest BCUT2D eigenvalue weighted by atomic mass is 35.5. The predicted molar refractivity (Wildman–Crippen MR) is 122 cm³/mol. The van der Waals surface area contributed by atoms with Gasteiger partial charge in [-0.15, -0.1) is 16.4 Å². The normalized spacial score (nSPS) is 12.1. The third-order valence-electron chi connectivity index (χ3n) is 4.52. The Labute approximate surface area is 176 Å². The highest BCUT2D eigenvalue weighted by Crippen LogP contribution is 2.24. The second-order valence-corrected chi connectivity index (χ2v) is 7.96. The van der Waals surface area contributed by atoms with Crippen LogP contribution in [0.2, 0.25) is 5.02 Å². The predicted octanol–water partition coefficient (Wildman–Crippen LogP) is 7.11. The summed E-state index contributed by atoms with van der Waals surface area (Å²) in [5.74, 6) is 0. The summed E-state index contributed by atoms with van der Waals surface area (Å²) in [4.78, 5) is 0.860. The molecule has 3 nitrogen and oxygen atoms in total. The van der Waals surface area contributed by atoms with E-state index in [1.165, 1.54) is 32.1 Å². The number of para-hydroxylation sites is 1. The van der Waals surface area contributed by atoms with Gasteiger partial charge in [-0.3, -0.25) is 4.57 Å². The number of unbranched alkanes of at least 4 members (excludes halogenated alkanes) is 5. The molecular weight excluding hydrogens is 386 g/mol. The average Bonchev–Trinajstić information content (AvgIpc) is 3.15. The molecule has 146 valence electrons. The minimum Gasteiger partial charge on any atom is -0.284 e. The van der Waals surface area contributed by atoms with E-state index in [0.717, 1.165) is 33.2 Å². The maximum atomic E-state index is 6.06. The average molecular weight is 412 g/mol. The summed E-state index contributed by atoms with van der Waals surface area (Å²) in [6.07, 6.45) is 9.27. The molecule has 0 unspecified atom stereocenters. The number of halogens is 1. The van der Waals surface area contributed by atoms with Gasteiger partial charge in [-0.25, -0.2) is 0 Å². The van der Waals surface area contributed by atoms with Gasteiger partial charge in [-0.2, -0.15) is 5.10 Å². The summed E-state index contributed by atoms with van der Waals surface area (Å²) in [6, 6.07) is 18.2. The molecule has 0 fully saturated rings. The summed E-state index contributed by atoms with van der Waals surface area (Å²) < 4.78 is 2.15. The fourth-order valence-electron chi connectivity index (χ4n) is 3.02. The van der Waals surface area contributed by atoms with Crippen LogP contribution in [-0.2, 0) is 0 Å². The number of thiazole rings is 1. The van der Waals surface area contributed by atoms with Crippen molar-refractivity contribution < 1.29 is 0 Å². The summed E-state index contributed by atoms with van der Waals surface area (Å²) in [5, 5.41) is 11.7. The number of hydrogen-bond donors (Lipinski definition) is 0. The second-order valence-electron chi connectivity index (χ2n) is 6.68. The van der Waals surface area contributed by atoms with Crippen molar-refractivity contribution in [2.75, 3.05) is 0 Å². The van der Waals surface area contributed by atoms with Crippen molar-refractivity contribution in [1.29, 1.82) is 0 Å². The highest BCUT2D eigenvalue weighted by molar-refractivity contribution is 7.07. The van der Waals surface area contributed by atoms with Crippen LogP contribution in [0.15, 0.2) is 70.2 Å². The lowest BCUT2D eigenvalue weighted by atomic mass is 10.1. The van der Waals surface area contributed by atoms with Gasteiger partial charge < -0.3 is 0 Å². The molecule has 0 amide bonds. The van der Waals surface area contributed by atoms with Crippen LogP contribution in [0.25, 0.3) is 16.9 Å². The Balaban J connectivity index is 1.84. The van der Waals surface area contributed by atoms with Crippen LogP contribution in [0.5, 0.6) is 0 Å². The molecule has 0 atom stereocenters. The van der Waals surface area contributed by atoms with Crippen molar-refractivity contribution in [3.05, 3.63) is 69.8 Å². The number of benzene rings is 2. The molecule has 0 saturated heterocycles. The van der Waals surface area contributed by atoms with E-state index in [-0.39, 0.29) is 0 Å². The third kappa shape index (κ3) is 5.66. The molecule has 0 radical (unpaired) electrons. The fourth-order valence-corrected chi connectivity index (χ4v) is 4.00. The molecule has 0 aliphatic heterocycles. The minimum absolute atomic E-state index is 0.735. The summed E-state index contributed by atoms with van der Waals surface area (Å²) >= 11 is 7.65. The van der Waals surface area contributed by atoms with E-state index in [9.17, 15) is 0 Å². The van der Waals surface area contributed by atoms with Crippen molar-refractivity contribution in [3.8, 4) is 16.9 Å². The third-order valence-corrected chi connectivity index (χ3v) is 5.59. The van der Waals surface area contributed by atoms with Gasteiger partial charge in [0.2, 0.25) is 4.80 Å². The quantitative estimate of drug-likeness (QED) is 0.204. The second kappa shape index (κ2) is 11.0. The van der Waals surface area contributed by atoms with Gasteiger partial charge in [0, 0.05) is 22.3 Å². The van der Waals surface area contributed by atoms with E-state index >= 15 is 0 Å². The smallest absolute Gasteiger partial charge is 0.215 e. The molecule has 0 spiro atoms. The maximum Gasteiger partial charge on any atom is 0.215 e. The van der Waals surface area contributed by atoms with Crippen LogP contribution in [0.1, 0.15) is 45.4 Å². The number of nitrogens with zero attached hydrogens (tertiary/aromatic N) is 3. The Morgan fingerprint density at radius 3 is 2.46 bits per heavy atom. The topological polar surface area (TPSA) is 29.6 Å². The first-order valence-corrected chi connectivity index (χ1v) is 11.1. The van der Waals surface area contributed by atoms with E-state index < -0.39 is 0 Å². The lowest BCUT2D eigenvalue weighted by Crippen LogP contribution is -2.13. The molecule has 3 rings (SSSR count). The lowest BCUT2D eigenvalue weighted by molar-refractivity contribution is 0.645. The Bertz CT molecular complexity index is 940. The zero-order valence-electron chi connectivity index (χ0n) is 16.2. The molecule has 3 aromatic rings. The van der Waals surface area contributed by atoms with Crippen molar-refractivity contribution >= 4 is 29.2 Å². The molecule has 0 N–H and O–H groups in total. The van der Waals surface area contributed by atoms with Crippen LogP contribution >= 0.6 is 22.9 Å². The van der Waals surface area contributed by atoms with Gasteiger partial charge in [0.1, 0.15) is 0 Å². The van der Waals surface area contributed by atoms with Crippen molar-refractivity contribution in [1.82, 2.24) is 4.57 Å². The summed E-state index contributed by atoms with van der Waals surface area (Å²) in [6.45, 7) is 2.24. The zero-order chi connectivity index (χ0) is 19.6. The molecule has 0 aliphatic carbocycles. The molecule has 28 heavy (non-hydrogen) atoms. The maximum absolute atomic E-state index is 6.06. The number of aromatic nitrogens is 1. The monoisotopic (exact) mass is 411 g/mol. The number of rotatable bonds is 9. The Morgan fingerprint density at radius 2 is 1.71 bits per heavy atom. The molecule has 2 aromatic carbocycles. The molecule has 1 heterocycles. The Morgan fingerprint density at radius 1 is 0.964 bits per heavy atom. The SMILES string of the molecule is CCCCCCCC=NN=c1scc(-c2ccc(Cl)cc2)n1-c1ccccc1. The largest absolute Gasteiger partial charge is 0.284 e. The zero-order valence-corrected chi connectivity index (χ0v) is 17.8. The van der Waals surface area contributed by atoms with Gasteiger partial charge in [0.15, 0.2) is 0 Å². The van der Waals surface area contributed by atoms with Gasteiger partial charge in [0.05, 0.1) is 5.69 Å². The van der Waals surface area contributed by atoms with Crippen LogP contribution in [-0.4, -0.2) is 10.8 Å². The van der Waals surface area contributed by atoms with Gasteiger partial charge in [0.25, 0.3) is 0 Å². The lowest BCUT2D eigenvalue weighted by Gasteiger charge is -2.09. The highest BCUT2D eigenvalue weighted by Gasteiger charge is 2.09. The van der Waals surface area contributed by atoms with Crippen molar-refractivity contribution in [2.45, 2.75) is 45.4 Å². The van der Waals surface area contributed by atoms with Crippen LogP contribution < -0.4 is 4.80 Å². The molecule has 5 heteroatoms. The Kier molecular flexibility index (Phi) is 8.07. The van der Waals surface area contributed by atoms with Gasteiger partial charge in [-0.05, 0) is 42.7 Å². The van der Waals surface area contributed by atoms with E-state index in [0.29, 0.717) is 0 Å². The van der Waals surface area contributed by atoms with Crippen molar-refractivity contribution in [2.24, 2.45) is 10.2 Å². The summed E-state index contributed by atoms with van der Waals surface area (Å²) in [7, 11) is 0. The van der Waals surface area contributed by atoms with Crippen molar-refractivity contribution in [3.63, 3.8) is 0 Å². The minimum atomic E-state index is 0.735. The van der Waals surface area contributed by atoms with Crippen LogP contribution in [0.4, 0.5) is 0 Å². The van der Waals surface area contributed by atoms with Gasteiger partial charge in [-0.1, -0.05) is 74.5 Å². The van der Waals surface area contributed by atoms with Crippen LogP contribution in [0, 0.1) is 0 Å². The molecule has 0 saturated carbocycles. The molecular formula is C23H26ClN3S. The summed E-state index contributed by atoms with van der Waals surface area (Å²) in [5.41, 5.74) is 3.26. The van der Waals surface area contributed by atoms with Crippen LogP contribution in [0.3, 0.4) is 0 Å². The first kappa shape index (κ1) is 20.6. The van der Waals surface area contributed by atoms with E-state index in [1.54, 1.807) is 11.3 Å². The Hall–Kier alpha value is -2.17. The first-order valence-electron chi connectivity index (χ1n) is 9.87. The standard InChI is InChI=1S/C23H26ClN3S/c1-2-3-4-5-6-10-17-25-26-23-27(21-11-8-7-9-12-21)22(18-28-23)19-13-15-20(24)16-14-19/h7-9,11-18H,2-6,10H2,1H3. The molecule has 0 aliphatic rings. The fraction of sp³-hybridized carbons (Fsp3) is 0.304. The molecule has 0 bridgehead atoms. The first-order chi connectivity index (χ1) is 13.8. The molecule has 1 aromatic heterocycles. The van der Waals surface area contributed by atoms with E-state index in [4.69, 9.17) is 11.6 Å². The van der Waals surface area contributed by atoms with E-state index in [1.807, 2.05) is 48.7 Å². The number of hydrogen-bond acceptors (Lipinski definition) is 3. The van der Waals surface area contributed by atoms with Gasteiger partial charge >= 0.3 is 0 Å². The van der Waals surface area contributed by atoms with E-state index in [2.05, 4.69) is 39.2 Å².